The smallest absolute Gasteiger partial charge is 0.355 e. The van der Waals surface area contributed by atoms with Gasteiger partial charge in [0.15, 0.2) is 0 Å². The quantitative estimate of drug-likeness (QED) is 0.548. The van der Waals surface area contributed by atoms with Gasteiger partial charge in [0.2, 0.25) is 0 Å². The Morgan fingerprint density at radius 3 is 2.13 bits per heavy atom. The van der Waals surface area contributed by atoms with Gasteiger partial charge in [-0.15, -0.1) is 0 Å². The van der Waals surface area contributed by atoms with Gasteiger partial charge in [-0.05, 0) is 35.4 Å². The highest BCUT2D eigenvalue weighted by molar-refractivity contribution is 6.03. The number of carbonyl (C=O) groups is 3. The summed E-state index contributed by atoms with van der Waals surface area (Å²) in [5.74, 6) is -1.77. The number of hydrogen-bond acceptors (Lipinski definition) is 8. The van der Waals surface area contributed by atoms with Gasteiger partial charge in [-0.1, -0.05) is 24.3 Å². The van der Waals surface area contributed by atoms with E-state index in [-0.39, 0.29) is 24.6 Å². The minimum atomic E-state index is -0.670. The molecule has 8 heteroatoms. The summed E-state index contributed by atoms with van der Waals surface area (Å²) < 4.78 is 20.0. The van der Waals surface area contributed by atoms with E-state index >= 15 is 0 Å². The van der Waals surface area contributed by atoms with Crippen LogP contribution in [-0.4, -0.2) is 52.6 Å². The molecule has 0 unspecified atom stereocenters. The molecule has 1 aliphatic rings. The zero-order valence-corrected chi connectivity index (χ0v) is 16.8. The molecule has 8 nitrogen and oxygen atoms in total. The molecule has 0 atom stereocenters. The Morgan fingerprint density at radius 1 is 0.833 bits per heavy atom. The van der Waals surface area contributed by atoms with Crippen LogP contribution in [0.2, 0.25) is 0 Å². The molecule has 0 saturated heterocycles. The first kappa shape index (κ1) is 21.1. The minimum absolute atomic E-state index is 0.0522. The standard InChI is InChI=1S/C22H21NO7/c1-27-20(24)16-8-4-6-14(10-16)15-7-5-9-17(11-15)23-13-30-12-18(21(25)28-2)19(23)22(26)29-3/h4-11H,12-13H2,1-3H3. The van der Waals surface area contributed by atoms with E-state index in [1.54, 1.807) is 35.2 Å². The molecule has 2 aromatic rings. The fourth-order valence-electron chi connectivity index (χ4n) is 3.14. The molecule has 0 amide bonds. The molecule has 0 aliphatic carbocycles. The van der Waals surface area contributed by atoms with Crippen molar-refractivity contribution in [3.8, 4) is 11.1 Å². The van der Waals surface area contributed by atoms with Crippen LogP contribution >= 0.6 is 0 Å². The molecule has 0 fully saturated rings. The molecular weight excluding hydrogens is 390 g/mol. The number of nitrogens with zero attached hydrogens (tertiary/aromatic N) is 1. The third kappa shape index (κ3) is 4.18. The van der Waals surface area contributed by atoms with Crippen molar-refractivity contribution in [1.29, 1.82) is 0 Å². The van der Waals surface area contributed by atoms with E-state index in [9.17, 15) is 14.4 Å². The third-order valence-corrected chi connectivity index (χ3v) is 4.61. The Kier molecular flexibility index (Phi) is 6.48. The summed E-state index contributed by atoms with van der Waals surface area (Å²) in [6.07, 6.45) is 0. The van der Waals surface area contributed by atoms with Crippen molar-refractivity contribution in [2.45, 2.75) is 0 Å². The number of ether oxygens (including phenoxy) is 4. The number of rotatable bonds is 5. The van der Waals surface area contributed by atoms with E-state index in [1.807, 2.05) is 18.2 Å². The molecule has 0 saturated carbocycles. The van der Waals surface area contributed by atoms with Crippen molar-refractivity contribution in [2.24, 2.45) is 0 Å². The summed E-state index contributed by atoms with van der Waals surface area (Å²) in [5, 5.41) is 0. The maximum Gasteiger partial charge on any atom is 0.355 e. The van der Waals surface area contributed by atoms with Crippen LogP contribution < -0.4 is 4.90 Å². The maximum absolute atomic E-state index is 12.5. The van der Waals surface area contributed by atoms with Gasteiger partial charge in [0, 0.05) is 5.69 Å². The van der Waals surface area contributed by atoms with Crippen molar-refractivity contribution >= 4 is 23.6 Å². The average Bonchev–Trinajstić information content (AvgIpc) is 2.82. The first-order valence-electron chi connectivity index (χ1n) is 9.04. The van der Waals surface area contributed by atoms with E-state index < -0.39 is 17.9 Å². The van der Waals surface area contributed by atoms with E-state index in [1.165, 1.54) is 21.3 Å². The molecule has 1 aliphatic heterocycles. The average molecular weight is 411 g/mol. The SMILES string of the molecule is COC(=O)C1=C(C(=O)OC)N(c2cccc(-c3cccc(C(=O)OC)c3)c2)COC1. The molecule has 0 N–H and O–H groups in total. The van der Waals surface area contributed by atoms with Crippen LogP contribution in [0.25, 0.3) is 11.1 Å². The summed E-state index contributed by atoms with van der Waals surface area (Å²) in [6, 6.07) is 14.3. The Hall–Kier alpha value is -3.65. The van der Waals surface area contributed by atoms with E-state index in [0.29, 0.717) is 11.3 Å². The van der Waals surface area contributed by atoms with Crippen molar-refractivity contribution in [1.82, 2.24) is 0 Å². The van der Waals surface area contributed by atoms with Crippen molar-refractivity contribution in [3.63, 3.8) is 0 Å². The lowest BCUT2D eigenvalue weighted by molar-refractivity contribution is -0.140. The van der Waals surface area contributed by atoms with Crippen molar-refractivity contribution in [3.05, 3.63) is 65.4 Å². The molecule has 3 rings (SSSR count). The highest BCUT2D eigenvalue weighted by Gasteiger charge is 2.32. The molecule has 30 heavy (non-hydrogen) atoms. The van der Waals surface area contributed by atoms with Crippen LogP contribution in [0.4, 0.5) is 5.69 Å². The molecule has 0 bridgehead atoms. The second kappa shape index (κ2) is 9.23. The normalized spacial score (nSPS) is 13.6. The number of anilines is 1. The topological polar surface area (TPSA) is 91.4 Å². The van der Waals surface area contributed by atoms with Crippen LogP contribution in [0.1, 0.15) is 10.4 Å². The summed E-state index contributed by atoms with van der Waals surface area (Å²) in [4.78, 5) is 38.0. The molecular formula is C22H21NO7. The monoisotopic (exact) mass is 411 g/mol. The second-order valence-corrected chi connectivity index (χ2v) is 6.34. The van der Waals surface area contributed by atoms with Gasteiger partial charge >= 0.3 is 17.9 Å². The van der Waals surface area contributed by atoms with Crippen molar-refractivity contribution < 1.29 is 33.3 Å². The molecule has 0 aromatic heterocycles. The summed E-state index contributed by atoms with van der Waals surface area (Å²) in [5.41, 5.74) is 2.76. The Balaban J connectivity index is 2.05. The second-order valence-electron chi connectivity index (χ2n) is 6.34. The number of hydrogen-bond donors (Lipinski definition) is 0. The van der Waals surface area contributed by atoms with Crippen LogP contribution in [0.3, 0.4) is 0 Å². The van der Waals surface area contributed by atoms with Crippen LogP contribution in [-0.2, 0) is 28.5 Å². The predicted molar refractivity (Wildman–Crippen MR) is 108 cm³/mol. The maximum atomic E-state index is 12.5. The predicted octanol–water partition coefficient (Wildman–Crippen LogP) is 2.53. The van der Waals surface area contributed by atoms with Crippen LogP contribution in [0, 0.1) is 0 Å². The zero-order chi connectivity index (χ0) is 21.7. The highest BCUT2D eigenvalue weighted by Crippen LogP contribution is 2.30. The first-order chi connectivity index (χ1) is 14.5. The number of carbonyl (C=O) groups excluding carboxylic acids is 3. The Morgan fingerprint density at radius 2 is 1.47 bits per heavy atom. The van der Waals surface area contributed by atoms with Crippen LogP contribution in [0.5, 0.6) is 0 Å². The van der Waals surface area contributed by atoms with E-state index in [4.69, 9.17) is 18.9 Å². The van der Waals surface area contributed by atoms with Gasteiger partial charge in [0.1, 0.15) is 12.4 Å². The van der Waals surface area contributed by atoms with Gasteiger partial charge < -0.3 is 23.8 Å². The lowest BCUT2D eigenvalue weighted by atomic mass is 10.0. The third-order valence-electron chi connectivity index (χ3n) is 4.61. The largest absolute Gasteiger partial charge is 0.466 e. The molecule has 0 radical (unpaired) electrons. The van der Waals surface area contributed by atoms with Crippen LogP contribution in [0.15, 0.2) is 59.8 Å². The molecule has 1 heterocycles. The van der Waals surface area contributed by atoms with E-state index in [0.717, 1.165) is 11.1 Å². The van der Waals surface area contributed by atoms with Gasteiger partial charge in [0.05, 0.1) is 39.1 Å². The molecule has 156 valence electrons. The summed E-state index contributed by atoms with van der Waals surface area (Å²) >= 11 is 0. The Labute approximate surface area is 173 Å². The summed E-state index contributed by atoms with van der Waals surface area (Å²) in [7, 11) is 3.80. The number of esters is 3. The molecule has 2 aromatic carbocycles. The minimum Gasteiger partial charge on any atom is -0.466 e. The lowest BCUT2D eigenvalue weighted by Gasteiger charge is -2.31. The first-order valence-corrected chi connectivity index (χ1v) is 9.04. The van der Waals surface area contributed by atoms with E-state index in [2.05, 4.69) is 0 Å². The fourth-order valence-corrected chi connectivity index (χ4v) is 3.14. The van der Waals surface area contributed by atoms with Crippen molar-refractivity contribution in [2.75, 3.05) is 39.6 Å². The molecule has 0 spiro atoms. The highest BCUT2D eigenvalue weighted by atomic mass is 16.5. The zero-order valence-electron chi connectivity index (χ0n) is 16.8. The number of methoxy groups -OCH3 is 3. The van der Waals surface area contributed by atoms with Gasteiger partial charge in [-0.3, -0.25) is 0 Å². The van der Waals surface area contributed by atoms with Gasteiger partial charge in [-0.2, -0.15) is 0 Å². The van der Waals surface area contributed by atoms with Gasteiger partial charge in [-0.25, -0.2) is 14.4 Å². The van der Waals surface area contributed by atoms with Gasteiger partial charge in [0.25, 0.3) is 0 Å². The fraction of sp³-hybridized carbons (Fsp3) is 0.227. The number of benzene rings is 2. The summed E-state index contributed by atoms with van der Waals surface area (Å²) in [6.45, 7) is -0.00888. The Bertz CT molecular complexity index is 1010. The lowest BCUT2D eigenvalue weighted by Crippen LogP contribution is -2.38.